The van der Waals surface area contributed by atoms with Gasteiger partial charge in [-0.05, 0) is 25.1 Å². The van der Waals surface area contributed by atoms with Gasteiger partial charge in [-0.25, -0.2) is 13.4 Å². The highest BCUT2D eigenvalue weighted by Crippen LogP contribution is 2.27. The number of thiazole rings is 1. The van der Waals surface area contributed by atoms with E-state index in [0.29, 0.717) is 5.13 Å². The van der Waals surface area contributed by atoms with Gasteiger partial charge in [0.05, 0.1) is 5.02 Å². The number of halogens is 2. The predicted molar refractivity (Wildman–Crippen MR) is 76.8 cm³/mol. The van der Waals surface area contributed by atoms with E-state index in [9.17, 15) is 8.42 Å². The molecule has 0 fully saturated rings. The minimum Gasteiger partial charge on any atom is -0.255 e. The van der Waals surface area contributed by atoms with Crippen molar-refractivity contribution in [1.29, 1.82) is 0 Å². The molecule has 0 atom stereocenters. The van der Waals surface area contributed by atoms with Crippen LogP contribution in [0.5, 0.6) is 0 Å². The first-order valence-corrected chi connectivity index (χ1v) is 8.26. The third-order valence-electron chi connectivity index (χ3n) is 2.03. The molecule has 0 aliphatic rings. The summed E-state index contributed by atoms with van der Waals surface area (Å²) in [5.74, 6) is 0. The van der Waals surface area contributed by atoms with E-state index in [4.69, 9.17) is 11.6 Å². The molecular weight excluding hydrogens is 360 g/mol. The molecule has 1 aromatic carbocycles. The lowest BCUT2D eigenvalue weighted by atomic mass is 10.4. The first-order chi connectivity index (χ1) is 8.38. The Morgan fingerprint density at radius 1 is 1.44 bits per heavy atom. The fourth-order valence-corrected chi connectivity index (χ4v) is 4.21. The van der Waals surface area contributed by atoms with E-state index in [1.807, 2.05) is 6.92 Å². The Morgan fingerprint density at radius 3 is 2.72 bits per heavy atom. The van der Waals surface area contributed by atoms with Crippen molar-refractivity contribution >= 4 is 54.0 Å². The molecule has 1 aromatic heterocycles. The lowest BCUT2D eigenvalue weighted by Crippen LogP contribution is -2.13. The number of aryl methyl sites for hydroxylation is 1. The first kappa shape index (κ1) is 13.8. The van der Waals surface area contributed by atoms with Gasteiger partial charge in [0, 0.05) is 15.5 Å². The van der Waals surface area contributed by atoms with E-state index in [-0.39, 0.29) is 9.92 Å². The van der Waals surface area contributed by atoms with Crippen LogP contribution in [0.1, 0.15) is 4.88 Å². The summed E-state index contributed by atoms with van der Waals surface area (Å²) in [6.07, 6.45) is 1.60. The molecule has 0 spiro atoms. The van der Waals surface area contributed by atoms with Gasteiger partial charge in [0.25, 0.3) is 10.0 Å². The third kappa shape index (κ3) is 3.03. The van der Waals surface area contributed by atoms with Crippen LogP contribution in [-0.2, 0) is 10.0 Å². The summed E-state index contributed by atoms with van der Waals surface area (Å²) in [6, 6.07) is 4.59. The van der Waals surface area contributed by atoms with Gasteiger partial charge >= 0.3 is 0 Å². The van der Waals surface area contributed by atoms with Crippen LogP contribution >= 0.6 is 38.9 Å². The molecule has 2 aromatic rings. The summed E-state index contributed by atoms with van der Waals surface area (Å²) in [5, 5.41) is 0.483. The van der Waals surface area contributed by atoms with Crippen LogP contribution in [0.15, 0.2) is 33.8 Å². The van der Waals surface area contributed by atoms with E-state index in [1.54, 1.807) is 12.3 Å². The second-order valence-electron chi connectivity index (χ2n) is 3.46. The summed E-state index contributed by atoms with van der Waals surface area (Å²) in [5.41, 5.74) is 0. The highest BCUT2D eigenvalue weighted by molar-refractivity contribution is 9.10. The van der Waals surface area contributed by atoms with Gasteiger partial charge in [-0.3, -0.25) is 4.72 Å². The van der Waals surface area contributed by atoms with Crippen LogP contribution < -0.4 is 4.72 Å². The molecule has 1 heterocycles. The number of aromatic nitrogens is 1. The Hall–Kier alpha value is -0.630. The van der Waals surface area contributed by atoms with Crippen LogP contribution in [0.2, 0.25) is 5.02 Å². The van der Waals surface area contributed by atoms with Crippen molar-refractivity contribution in [3.05, 3.63) is 38.8 Å². The average molecular weight is 368 g/mol. The molecule has 0 amide bonds. The van der Waals surface area contributed by atoms with E-state index in [0.717, 1.165) is 9.35 Å². The van der Waals surface area contributed by atoms with Gasteiger partial charge < -0.3 is 0 Å². The van der Waals surface area contributed by atoms with E-state index >= 15 is 0 Å². The topological polar surface area (TPSA) is 59.1 Å². The molecule has 0 saturated carbocycles. The molecule has 8 heteroatoms. The maximum atomic E-state index is 12.1. The minimum atomic E-state index is -3.70. The molecule has 4 nitrogen and oxygen atoms in total. The normalized spacial score (nSPS) is 11.5. The zero-order valence-corrected chi connectivity index (χ0v) is 13.1. The van der Waals surface area contributed by atoms with Crippen LogP contribution in [0.25, 0.3) is 0 Å². The third-order valence-corrected chi connectivity index (χ3v) is 5.30. The molecule has 1 N–H and O–H groups in total. The van der Waals surface area contributed by atoms with Gasteiger partial charge in [-0.1, -0.05) is 27.5 Å². The van der Waals surface area contributed by atoms with Crippen molar-refractivity contribution in [2.75, 3.05) is 4.72 Å². The highest BCUT2D eigenvalue weighted by atomic mass is 79.9. The van der Waals surface area contributed by atoms with Crippen LogP contribution in [-0.4, -0.2) is 13.4 Å². The maximum Gasteiger partial charge on any atom is 0.265 e. The number of anilines is 1. The Bertz CT molecular complexity index is 685. The van der Waals surface area contributed by atoms with Crippen molar-refractivity contribution in [1.82, 2.24) is 4.98 Å². The van der Waals surface area contributed by atoms with E-state index in [2.05, 4.69) is 25.6 Å². The van der Waals surface area contributed by atoms with Gasteiger partial charge in [0.2, 0.25) is 0 Å². The summed E-state index contributed by atoms with van der Waals surface area (Å²) in [7, 11) is -3.70. The number of hydrogen-bond acceptors (Lipinski definition) is 4. The molecule has 18 heavy (non-hydrogen) atoms. The number of sulfonamides is 1. The molecular formula is C10H8BrClN2O2S2. The number of benzene rings is 1. The van der Waals surface area contributed by atoms with Crippen molar-refractivity contribution < 1.29 is 8.42 Å². The quantitative estimate of drug-likeness (QED) is 0.900. The van der Waals surface area contributed by atoms with Gasteiger partial charge in [0.15, 0.2) is 5.13 Å². The highest BCUT2D eigenvalue weighted by Gasteiger charge is 2.19. The Morgan fingerprint density at radius 2 is 2.17 bits per heavy atom. The fourth-order valence-electron chi connectivity index (χ4n) is 1.26. The van der Waals surface area contributed by atoms with Crippen molar-refractivity contribution in [3.8, 4) is 0 Å². The SMILES string of the molecule is Cc1cnc(NS(=O)(=O)c2ccc(Br)cc2Cl)s1. The summed E-state index contributed by atoms with van der Waals surface area (Å²) >= 11 is 10.4. The zero-order chi connectivity index (χ0) is 13.3. The van der Waals surface area contributed by atoms with Crippen molar-refractivity contribution in [2.45, 2.75) is 11.8 Å². The number of rotatable bonds is 3. The Balaban J connectivity index is 2.36. The summed E-state index contributed by atoms with van der Waals surface area (Å²) < 4.78 is 27.3. The van der Waals surface area contributed by atoms with Gasteiger partial charge in [-0.15, -0.1) is 11.3 Å². The molecule has 2 rings (SSSR count). The van der Waals surface area contributed by atoms with E-state index in [1.165, 1.54) is 23.5 Å². The molecule has 96 valence electrons. The first-order valence-electron chi connectivity index (χ1n) is 4.79. The minimum absolute atomic E-state index is 0.0280. The summed E-state index contributed by atoms with van der Waals surface area (Å²) in [6.45, 7) is 1.85. The monoisotopic (exact) mass is 366 g/mol. The number of nitrogens with one attached hydrogen (secondary N) is 1. The average Bonchev–Trinajstić information content (AvgIpc) is 2.62. The predicted octanol–water partition coefficient (Wildman–Crippen LogP) is 3.67. The molecule has 0 aliphatic carbocycles. The standard InChI is InChI=1S/C10H8BrClN2O2S2/c1-6-5-13-10(17-6)14-18(15,16)9-3-2-7(11)4-8(9)12/h2-5H,1H3,(H,13,14). The second kappa shape index (κ2) is 5.16. The molecule has 0 radical (unpaired) electrons. The molecule has 0 aliphatic heterocycles. The lowest BCUT2D eigenvalue weighted by molar-refractivity contribution is 0.601. The second-order valence-corrected chi connectivity index (χ2v) is 7.66. The van der Waals surface area contributed by atoms with Crippen molar-refractivity contribution in [2.24, 2.45) is 0 Å². The maximum absolute atomic E-state index is 12.1. The largest absolute Gasteiger partial charge is 0.265 e. The van der Waals surface area contributed by atoms with E-state index < -0.39 is 10.0 Å². The fraction of sp³-hybridized carbons (Fsp3) is 0.100. The summed E-state index contributed by atoms with van der Waals surface area (Å²) in [4.78, 5) is 4.90. The Kier molecular flexibility index (Phi) is 3.96. The van der Waals surface area contributed by atoms with Crippen LogP contribution in [0.3, 0.4) is 0 Å². The van der Waals surface area contributed by atoms with Crippen LogP contribution in [0.4, 0.5) is 5.13 Å². The number of hydrogen-bond donors (Lipinski definition) is 1. The zero-order valence-electron chi connectivity index (χ0n) is 9.15. The Labute approximate surface area is 122 Å². The number of nitrogens with zero attached hydrogens (tertiary/aromatic N) is 1. The molecule has 0 unspecified atom stereocenters. The molecule has 0 bridgehead atoms. The lowest BCUT2D eigenvalue weighted by Gasteiger charge is -2.07. The van der Waals surface area contributed by atoms with Gasteiger partial charge in [0.1, 0.15) is 4.90 Å². The van der Waals surface area contributed by atoms with Gasteiger partial charge in [-0.2, -0.15) is 0 Å². The molecule has 0 saturated heterocycles. The van der Waals surface area contributed by atoms with Crippen LogP contribution in [0, 0.1) is 6.92 Å². The smallest absolute Gasteiger partial charge is 0.255 e. The van der Waals surface area contributed by atoms with Crippen molar-refractivity contribution in [3.63, 3.8) is 0 Å².